The molecule has 2 atom stereocenters. The average molecular weight is 861 g/mol. The molecule has 0 bridgehead atoms. The van der Waals surface area contributed by atoms with Crippen LogP contribution in [0.1, 0.15) is 39.6 Å². The van der Waals surface area contributed by atoms with Gasteiger partial charge in [0, 0.05) is 38.7 Å². The molecule has 0 radical (unpaired) electrons. The Bertz CT molecular complexity index is 1760. The zero-order valence-electron chi connectivity index (χ0n) is 28.0. The van der Waals surface area contributed by atoms with Crippen LogP contribution >= 0.6 is 47.9 Å². The van der Waals surface area contributed by atoms with Crippen molar-refractivity contribution in [1.29, 1.82) is 0 Å². The van der Waals surface area contributed by atoms with Crippen molar-refractivity contribution in [1.82, 2.24) is 0 Å². The van der Waals surface area contributed by atoms with Crippen LogP contribution in [0.3, 0.4) is 0 Å². The first kappa shape index (κ1) is 44.1. The summed E-state index contributed by atoms with van der Waals surface area (Å²) in [6, 6.07) is 6.13. The first-order valence-corrected chi connectivity index (χ1v) is 22.8. The van der Waals surface area contributed by atoms with Crippen LogP contribution in [0.2, 0.25) is 0 Å². The van der Waals surface area contributed by atoms with E-state index in [1.807, 2.05) is 0 Å². The molecule has 0 spiro atoms. The Labute approximate surface area is 312 Å². The average Bonchev–Trinajstić information content (AvgIpc) is 3.74. The van der Waals surface area contributed by atoms with Crippen molar-refractivity contribution in [3.05, 3.63) is 52.6 Å². The van der Waals surface area contributed by atoms with Crippen molar-refractivity contribution in [2.24, 2.45) is 11.8 Å². The van der Waals surface area contributed by atoms with E-state index in [1.165, 1.54) is 71.1 Å². The Hall–Kier alpha value is -2.91. The monoisotopic (exact) mass is 858 g/mol. The summed E-state index contributed by atoms with van der Waals surface area (Å²) in [6.45, 7) is 6.74. The number of ketones is 1. The van der Waals surface area contributed by atoms with Crippen molar-refractivity contribution in [2.75, 3.05) is 42.7 Å². The van der Waals surface area contributed by atoms with Crippen LogP contribution in [0.15, 0.2) is 24.3 Å². The molecule has 0 saturated carbocycles. The molecule has 17 heteroatoms. The van der Waals surface area contributed by atoms with Gasteiger partial charge in [0.15, 0.2) is 40.4 Å². The van der Waals surface area contributed by atoms with Crippen LogP contribution in [0.4, 0.5) is 8.78 Å². The van der Waals surface area contributed by atoms with Gasteiger partial charge in [0.2, 0.25) is 0 Å². The summed E-state index contributed by atoms with van der Waals surface area (Å²) in [4.78, 5) is 45.6. The standard InChI is InChI=1S/C16H17FO5S.C11H8ClFO3S.C5H9O2.BrH.Zn/c1-8(16(19)22-4)5-10(18)13-6-9-12(23-13)7-11(20-2)15(21-3)14(9)17;1-15-6-4-7-5(9(13)10(6)16-2)3-8(17-7)11(12)14;1-4(2)5(6)7-3;;/h6-8H,5H2,1-4H3;3-4H,1-2H3;4H,1H2,2-3H3;1H;/q;;-1;;+2/p-1/t8-;;4-;;/m1.0../s1. The number of benzene rings is 2. The molecule has 2 aromatic carbocycles. The summed E-state index contributed by atoms with van der Waals surface area (Å²) in [5.41, 5.74) is 0. The molecule has 49 heavy (non-hydrogen) atoms. The minimum absolute atomic E-state index is 0.000252. The Morgan fingerprint density at radius 1 is 0.755 bits per heavy atom. The second-order valence-corrected chi connectivity index (χ2v) is 12.2. The number of rotatable bonds is 10. The molecule has 0 saturated heterocycles. The summed E-state index contributed by atoms with van der Waals surface area (Å²) >= 11 is 11.9. The zero-order chi connectivity index (χ0) is 37.6. The van der Waals surface area contributed by atoms with Crippen molar-refractivity contribution in [3.63, 3.8) is 0 Å². The van der Waals surface area contributed by atoms with Crippen molar-refractivity contribution in [3.8, 4) is 23.0 Å². The number of methoxy groups -OCH3 is 6. The Kier molecular flexibility index (Phi) is 19.2. The fraction of sp³-hybridized carbons (Fsp3) is 0.344. The van der Waals surface area contributed by atoms with Gasteiger partial charge in [-0.15, -0.1) is 22.7 Å². The number of halogens is 4. The van der Waals surface area contributed by atoms with Crippen LogP contribution < -0.4 is 18.9 Å². The molecule has 4 aromatic rings. The van der Waals surface area contributed by atoms with E-state index in [0.29, 0.717) is 25.0 Å². The third-order valence-corrected chi connectivity index (χ3v) is 8.90. The maximum absolute atomic E-state index is 14.5. The molecule has 2 heterocycles. The van der Waals surface area contributed by atoms with E-state index in [4.69, 9.17) is 30.5 Å². The first-order valence-electron chi connectivity index (χ1n) is 13.9. The van der Waals surface area contributed by atoms with Crippen LogP contribution in [0.5, 0.6) is 23.0 Å². The third kappa shape index (κ3) is 11.6. The maximum atomic E-state index is 14.5. The number of hydrogen-bond donors (Lipinski definition) is 0. The third-order valence-electron chi connectivity index (χ3n) is 6.38. The summed E-state index contributed by atoms with van der Waals surface area (Å²) < 4.78 is 58.6. The predicted octanol–water partition coefficient (Wildman–Crippen LogP) is 8.35. The van der Waals surface area contributed by atoms with Gasteiger partial charge in [0.05, 0.1) is 58.3 Å². The van der Waals surface area contributed by atoms with Crippen molar-refractivity contribution >= 4 is 91.0 Å². The number of thiophene rings is 2. The summed E-state index contributed by atoms with van der Waals surface area (Å²) in [6.07, 6.45) is 0.00931. The van der Waals surface area contributed by atoms with Gasteiger partial charge in [-0.1, -0.05) is 19.8 Å². The van der Waals surface area contributed by atoms with E-state index < -0.39 is 28.8 Å². The molecule has 0 amide bonds. The van der Waals surface area contributed by atoms with Crippen LogP contribution in [0, 0.1) is 30.4 Å². The van der Waals surface area contributed by atoms with E-state index in [1.54, 1.807) is 26.0 Å². The fourth-order valence-electron chi connectivity index (χ4n) is 3.98. The van der Waals surface area contributed by atoms with Crippen LogP contribution in [-0.2, 0) is 35.4 Å². The van der Waals surface area contributed by atoms with Gasteiger partial charge in [0.25, 0.3) is 11.2 Å². The molecule has 0 fully saturated rings. The fourth-order valence-corrected chi connectivity index (χ4v) is 6.10. The van der Waals surface area contributed by atoms with E-state index in [0.717, 1.165) is 22.7 Å². The molecule has 2 aromatic heterocycles. The Morgan fingerprint density at radius 2 is 1.16 bits per heavy atom. The van der Waals surface area contributed by atoms with E-state index >= 15 is 0 Å². The van der Waals surface area contributed by atoms with Gasteiger partial charge < -0.3 is 35.3 Å². The molecule has 0 unspecified atom stereocenters. The van der Waals surface area contributed by atoms with E-state index in [9.17, 15) is 28.0 Å². The number of hydrogen-bond acceptors (Lipinski definition) is 12. The van der Waals surface area contributed by atoms with Crippen LogP contribution in [0.25, 0.3) is 20.2 Å². The van der Waals surface area contributed by atoms with Gasteiger partial charge >= 0.3 is 35.9 Å². The molecule has 0 aliphatic rings. The summed E-state index contributed by atoms with van der Waals surface area (Å²) in [5, 5.41) is -0.0121. The number of Topliss-reactive ketones (excluding diaryl/α,β-unsaturated/α-hetero) is 1. The molecular weight excluding hydrogens is 827 g/mol. The minimum atomic E-state index is -0.608. The predicted molar refractivity (Wildman–Crippen MR) is 186 cm³/mol. The zero-order valence-corrected chi connectivity index (χ0v) is 34.9. The number of carbonyl (C=O) groups is 4. The molecule has 0 N–H and O–H groups in total. The van der Waals surface area contributed by atoms with E-state index in [-0.39, 0.29) is 52.0 Å². The number of ether oxygens (including phenoxy) is 6. The SMILES string of the molecule is COC(=O)[C@H](C)CC(=O)c1cc2c(F)c(OC)c(OC)cc2s1.COc1cc2sc(C(=O)Cl)cc2c(F)c1OC.[CH2-][C@@H](C)C(=O)OC.[Zn+][Br]. The second-order valence-electron chi connectivity index (χ2n) is 9.65. The van der Waals surface area contributed by atoms with Gasteiger partial charge in [0.1, 0.15) is 0 Å². The van der Waals surface area contributed by atoms with E-state index in [2.05, 4.69) is 30.0 Å². The molecular formula is C32H34BrClF2O10S2Zn. The van der Waals surface area contributed by atoms with Gasteiger partial charge in [-0.2, -0.15) is 0 Å². The quantitative estimate of drug-likeness (QED) is 0.0506. The summed E-state index contributed by atoms with van der Waals surface area (Å²) in [5.74, 6) is -2.30. The molecule has 0 aliphatic heterocycles. The first-order chi connectivity index (χ1) is 23.2. The Morgan fingerprint density at radius 3 is 1.49 bits per heavy atom. The number of esters is 2. The second kappa shape index (κ2) is 21.3. The molecule has 264 valence electrons. The van der Waals surface area contributed by atoms with Gasteiger partial charge in [-0.25, -0.2) is 8.78 Å². The van der Waals surface area contributed by atoms with Gasteiger partial charge in [-0.05, 0) is 23.7 Å². The topological polar surface area (TPSA) is 124 Å². The number of carbonyl (C=O) groups excluding carboxylic acids is 4. The van der Waals surface area contributed by atoms with Crippen molar-refractivity contribution < 1.29 is 72.7 Å². The van der Waals surface area contributed by atoms with Gasteiger partial charge in [-0.3, -0.25) is 19.2 Å². The Balaban J connectivity index is 0.000000404. The summed E-state index contributed by atoms with van der Waals surface area (Å²) in [7, 11) is 8.17. The molecule has 10 nitrogen and oxygen atoms in total. The number of fused-ring (bicyclic) bond motifs is 2. The normalized spacial score (nSPS) is 11.3. The van der Waals surface area contributed by atoms with Crippen molar-refractivity contribution in [2.45, 2.75) is 20.3 Å². The molecule has 0 aliphatic carbocycles. The molecule has 4 rings (SSSR count). The van der Waals surface area contributed by atoms with Crippen LogP contribution in [-0.4, -0.2) is 65.6 Å².